The number of aromatic nitrogens is 1. The lowest BCUT2D eigenvalue weighted by atomic mass is 10.0. The summed E-state index contributed by atoms with van der Waals surface area (Å²) in [6.07, 6.45) is 2.70. The van der Waals surface area contributed by atoms with Crippen LogP contribution >= 0.6 is 0 Å². The maximum absolute atomic E-state index is 11.5. The molecule has 2 rings (SSSR count). The quantitative estimate of drug-likeness (QED) is 0.829. The average Bonchev–Trinajstić information content (AvgIpc) is 2.53. The summed E-state index contributed by atoms with van der Waals surface area (Å²) in [5.74, 6) is -0.331. The van der Waals surface area contributed by atoms with Crippen molar-refractivity contribution in [3.8, 4) is 0 Å². The van der Waals surface area contributed by atoms with Gasteiger partial charge in [-0.3, -0.25) is 9.78 Å². The predicted octanol–water partition coefficient (Wildman–Crippen LogP) is 2.56. The highest BCUT2D eigenvalue weighted by Gasteiger charge is 2.20. The number of pyridine rings is 1. The van der Waals surface area contributed by atoms with Crippen LogP contribution in [0.1, 0.15) is 19.4 Å². The van der Waals surface area contributed by atoms with Gasteiger partial charge in [0.05, 0.1) is 18.5 Å². The van der Waals surface area contributed by atoms with Crippen LogP contribution in [0.3, 0.4) is 0 Å². The van der Waals surface area contributed by atoms with Crippen molar-refractivity contribution in [1.82, 2.24) is 10.3 Å². The molecule has 0 spiro atoms. The minimum absolute atomic E-state index is 0.0837. The van der Waals surface area contributed by atoms with E-state index < -0.39 is 0 Å². The minimum atomic E-state index is -0.179. The standard InChI is InChI=1S/C17H22N2O2/c1-12(17(20)21-3)13(2)18-11-9-15-7-4-6-14-8-5-10-19-16(14)15/h4-8,10,12-13,18H,9,11H2,1-3H3. The Kier molecular flexibility index (Phi) is 5.28. The van der Waals surface area contributed by atoms with Crippen molar-refractivity contribution in [1.29, 1.82) is 0 Å². The molecule has 0 saturated heterocycles. The second-order valence-electron chi connectivity index (χ2n) is 5.30. The first-order valence-electron chi connectivity index (χ1n) is 7.27. The van der Waals surface area contributed by atoms with E-state index in [9.17, 15) is 4.79 Å². The minimum Gasteiger partial charge on any atom is -0.469 e. The molecule has 0 bridgehead atoms. The highest BCUT2D eigenvalue weighted by Crippen LogP contribution is 2.16. The number of methoxy groups -OCH3 is 1. The Balaban J connectivity index is 1.95. The molecule has 0 amide bonds. The van der Waals surface area contributed by atoms with Crippen LogP contribution in [0, 0.1) is 5.92 Å². The summed E-state index contributed by atoms with van der Waals surface area (Å²) in [4.78, 5) is 15.9. The number of rotatable bonds is 6. The van der Waals surface area contributed by atoms with Gasteiger partial charge in [-0.1, -0.05) is 31.2 Å². The van der Waals surface area contributed by atoms with E-state index in [1.165, 1.54) is 12.7 Å². The summed E-state index contributed by atoms with van der Waals surface area (Å²) in [5, 5.41) is 4.54. The van der Waals surface area contributed by atoms with E-state index >= 15 is 0 Å². The molecule has 0 aliphatic heterocycles. The maximum Gasteiger partial charge on any atom is 0.309 e. The van der Waals surface area contributed by atoms with E-state index in [2.05, 4.69) is 34.6 Å². The van der Waals surface area contributed by atoms with Crippen molar-refractivity contribution in [3.63, 3.8) is 0 Å². The fourth-order valence-corrected chi connectivity index (χ4v) is 2.37. The number of nitrogens with zero attached hydrogens (tertiary/aromatic N) is 1. The zero-order valence-electron chi connectivity index (χ0n) is 12.8. The van der Waals surface area contributed by atoms with E-state index in [0.29, 0.717) is 0 Å². The molecule has 1 N–H and O–H groups in total. The lowest BCUT2D eigenvalue weighted by Gasteiger charge is -2.19. The van der Waals surface area contributed by atoms with Gasteiger partial charge in [-0.25, -0.2) is 0 Å². The molecule has 0 saturated carbocycles. The van der Waals surface area contributed by atoms with Crippen LogP contribution in [0.2, 0.25) is 0 Å². The monoisotopic (exact) mass is 286 g/mol. The summed E-state index contributed by atoms with van der Waals surface area (Å²) in [6.45, 7) is 4.68. The molecule has 4 heteroatoms. The maximum atomic E-state index is 11.5. The largest absolute Gasteiger partial charge is 0.469 e. The van der Waals surface area contributed by atoms with Crippen LogP contribution < -0.4 is 5.32 Å². The highest BCUT2D eigenvalue weighted by atomic mass is 16.5. The Bertz CT molecular complexity index is 607. The molecule has 0 radical (unpaired) electrons. The summed E-state index contributed by atoms with van der Waals surface area (Å²) >= 11 is 0. The summed E-state index contributed by atoms with van der Waals surface area (Å²) in [5.41, 5.74) is 2.27. The second-order valence-corrected chi connectivity index (χ2v) is 5.30. The molecule has 0 aliphatic carbocycles. The SMILES string of the molecule is COC(=O)C(C)C(C)NCCc1cccc2cccnc12. The van der Waals surface area contributed by atoms with Crippen molar-refractivity contribution >= 4 is 16.9 Å². The first-order valence-corrected chi connectivity index (χ1v) is 7.27. The second kappa shape index (κ2) is 7.18. The van der Waals surface area contributed by atoms with Gasteiger partial charge >= 0.3 is 5.97 Å². The van der Waals surface area contributed by atoms with Crippen LogP contribution in [0.4, 0.5) is 0 Å². The van der Waals surface area contributed by atoms with Crippen molar-refractivity contribution in [2.45, 2.75) is 26.3 Å². The molecule has 21 heavy (non-hydrogen) atoms. The zero-order valence-corrected chi connectivity index (χ0v) is 12.8. The first-order chi connectivity index (χ1) is 10.1. The average molecular weight is 286 g/mol. The van der Waals surface area contributed by atoms with E-state index in [1.807, 2.05) is 26.1 Å². The molecule has 0 fully saturated rings. The van der Waals surface area contributed by atoms with Gasteiger partial charge in [-0.15, -0.1) is 0 Å². The normalized spacial score (nSPS) is 13.9. The summed E-state index contributed by atoms with van der Waals surface area (Å²) < 4.78 is 4.77. The molecule has 4 nitrogen and oxygen atoms in total. The molecule has 1 heterocycles. The summed E-state index contributed by atoms with van der Waals surface area (Å²) in [6, 6.07) is 10.3. The Morgan fingerprint density at radius 2 is 2.05 bits per heavy atom. The van der Waals surface area contributed by atoms with Gasteiger partial charge in [0.25, 0.3) is 0 Å². The topological polar surface area (TPSA) is 51.2 Å². The van der Waals surface area contributed by atoms with Crippen molar-refractivity contribution < 1.29 is 9.53 Å². The zero-order chi connectivity index (χ0) is 15.2. The van der Waals surface area contributed by atoms with Crippen LogP contribution in [0.15, 0.2) is 36.5 Å². The molecule has 2 unspecified atom stereocenters. The summed E-state index contributed by atoms with van der Waals surface area (Å²) in [7, 11) is 1.42. The number of fused-ring (bicyclic) bond motifs is 1. The smallest absolute Gasteiger partial charge is 0.309 e. The van der Waals surface area contributed by atoms with E-state index in [-0.39, 0.29) is 17.9 Å². The number of para-hydroxylation sites is 1. The molecule has 2 atom stereocenters. The van der Waals surface area contributed by atoms with Gasteiger partial charge in [0.2, 0.25) is 0 Å². The van der Waals surface area contributed by atoms with Gasteiger partial charge in [0.1, 0.15) is 0 Å². The predicted molar refractivity (Wildman–Crippen MR) is 84.1 cm³/mol. The Morgan fingerprint density at radius 1 is 1.29 bits per heavy atom. The van der Waals surface area contributed by atoms with Crippen LogP contribution in [0.25, 0.3) is 10.9 Å². The fraction of sp³-hybridized carbons (Fsp3) is 0.412. The number of hydrogen-bond donors (Lipinski definition) is 1. The van der Waals surface area contributed by atoms with Crippen LogP contribution in [0.5, 0.6) is 0 Å². The van der Waals surface area contributed by atoms with Gasteiger partial charge in [0.15, 0.2) is 0 Å². The number of hydrogen-bond acceptors (Lipinski definition) is 4. The third kappa shape index (κ3) is 3.79. The lowest BCUT2D eigenvalue weighted by Crippen LogP contribution is -2.37. The first kappa shape index (κ1) is 15.4. The van der Waals surface area contributed by atoms with Gasteiger partial charge in [0, 0.05) is 17.6 Å². The van der Waals surface area contributed by atoms with Gasteiger partial charge in [-0.2, -0.15) is 0 Å². The number of benzene rings is 1. The Hall–Kier alpha value is -1.94. The molecule has 1 aromatic heterocycles. The van der Waals surface area contributed by atoms with E-state index in [1.54, 1.807) is 0 Å². The molecular formula is C17H22N2O2. The number of nitrogens with one attached hydrogen (secondary N) is 1. The van der Waals surface area contributed by atoms with Gasteiger partial charge in [-0.05, 0) is 31.5 Å². The number of ether oxygens (including phenoxy) is 1. The van der Waals surface area contributed by atoms with Crippen LogP contribution in [-0.2, 0) is 16.0 Å². The Labute approximate surface area is 125 Å². The highest BCUT2D eigenvalue weighted by molar-refractivity contribution is 5.81. The fourth-order valence-electron chi connectivity index (χ4n) is 2.37. The van der Waals surface area contributed by atoms with Gasteiger partial charge < -0.3 is 10.1 Å². The van der Waals surface area contributed by atoms with Crippen molar-refractivity contribution in [2.75, 3.05) is 13.7 Å². The molecule has 0 aliphatic rings. The molecule has 112 valence electrons. The molecule has 1 aromatic carbocycles. The number of esters is 1. The molecular weight excluding hydrogens is 264 g/mol. The van der Waals surface area contributed by atoms with Crippen molar-refractivity contribution in [2.24, 2.45) is 5.92 Å². The lowest BCUT2D eigenvalue weighted by molar-refractivity contribution is -0.145. The number of carbonyl (C=O) groups excluding carboxylic acids is 1. The molecule has 2 aromatic rings. The third-order valence-corrected chi connectivity index (χ3v) is 3.90. The Morgan fingerprint density at radius 3 is 2.81 bits per heavy atom. The van der Waals surface area contributed by atoms with E-state index in [4.69, 9.17) is 4.74 Å². The van der Waals surface area contributed by atoms with Crippen LogP contribution in [-0.4, -0.2) is 30.6 Å². The number of carbonyl (C=O) groups is 1. The van der Waals surface area contributed by atoms with E-state index in [0.717, 1.165) is 23.9 Å². The third-order valence-electron chi connectivity index (χ3n) is 3.90. The van der Waals surface area contributed by atoms with Crippen molar-refractivity contribution in [3.05, 3.63) is 42.1 Å².